The van der Waals surface area contributed by atoms with Crippen molar-refractivity contribution in [2.75, 3.05) is 5.75 Å². The van der Waals surface area contributed by atoms with E-state index in [0.29, 0.717) is 29.0 Å². The lowest BCUT2D eigenvalue weighted by atomic mass is 10.1. The molecule has 1 aromatic heterocycles. The maximum atomic E-state index is 13.4. The third-order valence-corrected chi connectivity index (χ3v) is 6.84. The highest BCUT2D eigenvalue weighted by atomic mass is 32.2. The molecular weight excluding hydrogens is 490 g/mol. The number of fused-ring (bicyclic) bond motifs is 3. The van der Waals surface area contributed by atoms with Gasteiger partial charge >= 0.3 is 0 Å². The molecular formula is C27H25N5O4S. The van der Waals surface area contributed by atoms with E-state index in [-0.39, 0.29) is 42.9 Å². The van der Waals surface area contributed by atoms with Gasteiger partial charge in [-0.15, -0.1) is 0 Å². The maximum Gasteiger partial charge on any atom is 0.259 e. The normalized spacial score (nSPS) is 15.9. The molecule has 37 heavy (non-hydrogen) atoms. The smallest absolute Gasteiger partial charge is 0.259 e. The number of furan rings is 1. The van der Waals surface area contributed by atoms with Crippen molar-refractivity contribution in [1.29, 1.82) is 0 Å². The third kappa shape index (κ3) is 5.80. The number of carbonyl (C=O) groups is 3. The van der Waals surface area contributed by atoms with E-state index in [4.69, 9.17) is 4.42 Å². The first-order valence-corrected chi connectivity index (χ1v) is 12.9. The Morgan fingerprint density at radius 1 is 0.946 bits per heavy atom. The molecule has 0 saturated heterocycles. The molecule has 0 radical (unpaired) electrons. The van der Waals surface area contributed by atoms with Crippen molar-refractivity contribution in [2.24, 2.45) is 9.98 Å². The highest BCUT2D eigenvalue weighted by Gasteiger charge is 2.41. The molecule has 0 saturated carbocycles. The summed E-state index contributed by atoms with van der Waals surface area (Å²) in [6.07, 6.45) is 2.00. The largest absolute Gasteiger partial charge is 0.467 e. The molecule has 5 rings (SSSR count). The highest BCUT2D eigenvalue weighted by Crippen LogP contribution is 2.34. The number of hydrogen-bond donors (Lipinski definition) is 2. The molecule has 3 amide bonds. The Morgan fingerprint density at radius 3 is 2.54 bits per heavy atom. The van der Waals surface area contributed by atoms with E-state index < -0.39 is 6.04 Å². The molecule has 2 aliphatic heterocycles. The third-order valence-electron chi connectivity index (χ3n) is 5.90. The zero-order valence-corrected chi connectivity index (χ0v) is 20.7. The Hall–Kier alpha value is -4.18. The first-order chi connectivity index (χ1) is 18.1. The number of aliphatic imine (C=N–C) groups is 2. The summed E-state index contributed by atoms with van der Waals surface area (Å²) in [5.74, 6) is 0.637. The fourth-order valence-electron chi connectivity index (χ4n) is 4.02. The van der Waals surface area contributed by atoms with Gasteiger partial charge in [0.25, 0.3) is 5.91 Å². The summed E-state index contributed by atoms with van der Waals surface area (Å²) in [6, 6.07) is 19.9. The second kappa shape index (κ2) is 11.3. The number of para-hydroxylation sites is 1. The zero-order valence-electron chi connectivity index (χ0n) is 19.9. The minimum atomic E-state index is -0.692. The van der Waals surface area contributed by atoms with E-state index in [2.05, 4.69) is 20.6 Å². The van der Waals surface area contributed by atoms with Crippen LogP contribution < -0.4 is 10.6 Å². The van der Waals surface area contributed by atoms with E-state index in [1.165, 1.54) is 16.7 Å². The Balaban J connectivity index is 1.22. The molecule has 1 atom stereocenters. The van der Waals surface area contributed by atoms with Gasteiger partial charge in [-0.1, -0.05) is 54.2 Å². The molecule has 3 heterocycles. The van der Waals surface area contributed by atoms with Gasteiger partial charge in [0.1, 0.15) is 17.6 Å². The van der Waals surface area contributed by atoms with Gasteiger partial charge in [-0.3, -0.25) is 19.4 Å². The Morgan fingerprint density at radius 2 is 1.73 bits per heavy atom. The number of amidine groups is 2. The molecule has 0 fully saturated rings. The van der Waals surface area contributed by atoms with Crippen LogP contribution >= 0.6 is 11.8 Å². The van der Waals surface area contributed by atoms with Gasteiger partial charge in [0.05, 0.1) is 24.2 Å². The number of amides is 3. The maximum absolute atomic E-state index is 13.4. The second-order valence-electron chi connectivity index (χ2n) is 8.50. The summed E-state index contributed by atoms with van der Waals surface area (Å²) in [5.41, 5.74) is 2.44. The van der Waals surface area contributed by atoms with Crippen molar-refractivity contribution in [3.63, 3.8) is 0 Å². The van der Waals surface area contributed by atoms with Gasteiger partial charge in [0, 0.05) is 18.5 Å². The number of nitrogens with one attached hydrogen (secondary N) is 2. The molecule has 10 heteroatoms. The Kier molecular flexibility index (Phi) is 7.46. The summed E-state index contributed by atoms with van der Waals surface area (Å²) in [4.78, 5) is 49.0. The number of rotatable bonds is 9. The lowest BCUT2D eigenvalue weighted by Gasteiger charge is -2.25. The summed E-state index contributed by atoms with van der Waals surface area (Å²) >= 11 is 1.17. The van der Waals surface area contributed by atoms with E-state index >= 15 is 0 Å². The zero-order chi connectivity index (χ0) is 25.6. The van der Waals surface area contributed by atoms with E-state index in [1.807, 2.05) is 54.6 Å². The van der Waals surface area contributed by atoms with Crippen molar-refractivity contribution in [3.05, 3.63) is 89.9 Å². The molecule has 2 N–H and O–H groups in total. The van der Waals surface area contributed by atoms with Crippen LogP contribution in [0.4, 0.5) is 5.69 Å². The quantitative estimate of drug-likeness (QED) is 0.453. The van der Waals surface area contributed by atoms with Crippen LogP contribution in [0.1, 0.15) is 29.7 Å². The lowest BCUT2D eigenvalue weighted by Crippen LogP contribution is -2.41. The number of hydrogen-bond acceptors (Lipinski definition) is 7. The predicted molar refractivity (Wildman–Crippen MR) is 141 cm³/mol. The van der Waals surface area contributed by atoms with Crippen LogP contribution in [0.15, 0.2) is 87.4 Å². The lowest BCUT2D eigenvalue weighted by molar-refractivity contribution is -0.125. The Labute approximate surface area is 218 Å². The molecule has 9 nitrogen and oxygen atoms in total. The summed E-state index contributed by atoms with van der Waals surface area (Å²) in [7, 11) is 0. The van der Waals surface area contributed by atoms with E-state index in [0.717, 1.165) is 11.1 Å². The van der Waals surface area contributed by atoms with Crippen molar-refractivity contribution in [1.82, 2.24) is 15.5 Å². The van der Waals surface area contributed by atoms with Crippen molar-refractivity contribution >= 4 is 46.2 Å². The van der Waals surface area contributed by atoms with Gasteiger partial charge in [-0.2, -0.15) is 0 Å². The standard InChI is InChI=1S/C27H25N5O4S/c33-23(28-15-18-7-2-1-3-8-18)13-12-22-26(35)32-25(30-22)20-10-4-5-11-21(20)31-27(32)37-17-24(34)29-16-19-9-6-14-36-19/h1-11,14,22H,12-13,15-17H2,(H,28,33)(H,29,34). The fraction of sp³-hybridized carbons (Fsp3) is 0.222. The van der Waals surface area contributed by atoms with E-state index in [9.17, 15) is 14.4 Å². The second-order valence-corrected chi connectivity index (χ2v) is 9.44. The van der Waals surface area contributed by atoms with Gasteiger partial charge in [0.15, 0.2) is 5.17 Å². The first-order valence-electron chi connectivity index (χ1n) is 11.9. The van der Waals surface area contributed by atoms with Gasteiger partial charge in [-0.05, 0) is 36.2 Å². The summed E-state index contributed by atoms with van der Waals surface area (Å²) < 4.78 is 5.24. The van der Waals surface area contributed by atoms with Crippen LogP contribution in [0.25, 0.3) is 0 Å². The average Bonchev–Trinajstić information content (AvgIpc) is 3.57. The van der Waals surface area contributed by atoms with Crippen LogP contribution in [0, 0.1) is 0 Å². The minimum absolute atomic E-state index is 0.0747. The monoisotopic (exact) mass is 515 g/mol. The highest BCUT2D eigenvalue weighted by molar-refractivity contribution is 8.14. The van der Waals surface area contributed by atoms with Gasteiger partial charge in [0.2, 0.25) is 11.8 Å². The van der Waals surface area contributed by atoms with Crippen molar-refractivity contribution in [2.45, 2.75) is 32.0 Å². The van der Waals surface area contributed by atoms with Crippen LogP contribution in [0.2, 0.25) is 0 Å². The van der Waals surface area contributed by atoms with Crippen molar-refractivity contribution < 1.29 is 18.8 Å². The molecule has 1 unspecified atom stereocenters. The number of benzene rings is 2. The molecule has 0 bridgehead atoms. The molecule has 188 valence electrons. The van der Waals surface area contributed by atoms with Gasteiger partial charge < -0.3 is 15.1 Å². The molecule has 0 aliphatic carbocycles. The van der Waals surface area contributed by atoms with Crippen molar-refractivity contribution in [3.8, 4) is 0 Å². The van der Waals surface area contributed by atoms with Crippen LogP contribution in [-0.4, -0.2) is 45.4 Å². The fourth-order valence-corrected chi connectivity index (χ4v) is 4.85. The van der Waals surface area contributed by atoms with E-state index in [1.54, 1.807) is 18.4 Å². The molecule has 3 aromatic rings. The average molecular weight is 516 g/mol. The molecule has 0 spiro atoms. The number of thioether (sulfide) groups is 1. The number of carbonyl (C=O) groups excluding carboxylic acids is 3. The summed E-state index contributed by atoms with van der Waals surface area (Å²) in [5, 5.41) is 6.08. The molecule has 2 aromatic carbocycles. The predicted octanol–water partition coefficient (Wildman–Crippen LogP) is 3.38. The topological polar surface area (TPSA) is 116 Å². The SMILES string of the molecule is O=C(CCC1N=C2c3ccccc3N=C(SCC(=O)NCc3ccco3)N2C1=O)NCc1ccccc1. The van der Waals surface area contributed by atoms with Crippen LogP contribution in [0.5, 0.6) is 0 Å². The molecule has 2 aliphatic rings. The summed E-state index contributed by atoms with van der Waals surface area (Å²) in [6.45, 7) is 0.715. The number of nitrogens with zero attached hydrogens (tertiary/aromatic N) is 3. The van der Waals surface area contributed by atoms with Crippen LogP contribution in [-0.2, 0) is 27.5 Å². The van der Waals surface area contributed by atoms with Crippen LogP contribution in [0.3, 0.4) is 0 Å². The van der Waals surface area contributed by atoms with Gasteiger partial charge in [-0.25, -0.2) is 9.89 Å². The minimum Gasteiger partial charge on any atom is -0.467 e. The Bertz CT molecular complexity index is 1350. The first kappa shape index (κ1) is 24.5.